The number of hydrogen-bond donors (Lipinski definition) is 2. The predicted molar refractivity (Wildman–Crippen MR) is 183 cm³/mol. The van der Waals surface area contributed by atoms with Crippen LogP contribution >= 0.6 is 22.9 Å². The molecule has 0 radical (unpaired) electrons. The maximum Gasteiger partial charge on any atom is 0.410 e. The molecule has 2 fully saturated rings. The Kier molecular flexibility index (Phi) is 9.61. The van der Waals surface area contributed by atoms with Crippen LogP contribution in [0.4, 0.5) is 21.1 Å². The van der Waals surface area contributed by atoms with Crippen molar-refractivity contribution in [1.82, 2.24) is 29.7 Å². The molecule has 1 atom stereocenters. The van der Waals surface area contributed by atoms with Crippen molar-refractivity contribution >= 4 is 63.6 Å². The van der Waals surface area contributed by atoms with Crippen LogP contribution in [0.25, 0.3) is 11.1 Å². The lowest BCUT2D eigenvalue weighted by Gasteiger charge is -2.34. The number of nitrogens with one attached hydrogen (secondary N) is 1. The number of rotatable bonds is 6. The van der Waals surface area contributed by atoms with Crippen LogP contribution in [0, 0.1) is 0 Å². The van der Waals surface area contributed by atoms with Gasteiger partial charge in [-0.1, -0.05) is 17.7 Å². The van der Waals surface area contributed by atoms with Gasteiger partial charge in [-0.2, -0.15) is 5.10 Å². The maximum absolute atomic E-state index is 13.6. The van der Waals surface area contributed by atoms with Crippen LogP contribution in [0.2, 0.25) is 4.34 Å². The normalized spacial score (nSPS) is 19.0. The highest BCUT2D eigenvalue weighted by Crippen LogP contribution is 2.37. The third-order valence-electron chi connectivity index (χ3n) is 8.60. The van der Waals surface area contributed by atoms with E-state index >= 15 is 0 Å². The zero-order valence-corrected chi connectivity index (χ0v) is 29.1. The van der Waals surface area contributed by atoms with E-state index in [9.17, 15) is 14.4 Å². The third kappa shape index (κ3) is 7.26. The summed E-state index contributed by atoms with van der Waals surface area (Å²) >= 11 is 7.57. The molecular weight excluding hydrogens is 660 g/mol. The minimum Gasteiger partial charge on any atom is -0.489 e. The van der Waals surface area contributed by atoms with Crippen molar-refractivity contribution in [2.45, 2.75) is 64.2 Å². The van der Waals surface area contributed by atoms with E-state index in [1.807, 2.05) is 32.9 Å². The molecule has 0 unspecified atom stereocenters. The second-order valence-corrected chi connectivity index (χ2v) is 14.9. The maximum atomic E-state index is 13.6. The lowest BCUT2D eigenvalue weighted by molar-refractivity contribution is 0.0126. The van der Waals surface area contributed by atoms with Crippen molar-refractivity contribution < 1.29 is 28.6 Å². The predicted octanol–water partition coefficient (Wildman–Crippen LogP) is 4.67. The van der Waals surface area contributed by atoms with Gasteiger partial charge in [0.25, 0.3) is 5.91 Å². The van der Waals surface area contributed by atoms with Gasteiger partial charge in [-0.25, -0.2) is 19.1 Å². The van der Waals surface area contributed by atoms with E-state index in [2.05, 4.69) is 20.3 Å². The topological polar surface area (TPSA) is 157 Å². The summed E-state index contributed by atoms with van der Waals surface area (Å²) in [5.41, 5.74) is 9.11. The summed E-state index contributed by atoms with van der Waals surface area (Å²) in [6, 6.07) is 3.56. The smallest absolute Gasteiger partial charge is 0.410 e. The summed E-state index contributed by atoms with van der Waals surface area (Å²) in [4.78, 5) is 48.4. The van der Waals surface area contributed by atoms with Gasteiger partial charge in [0.15, 0.2) is 5.82 Å². The van der Waals surface area contributed by atoms with Gasteiger partial charge >= 0.3 is 12.2 Å². The first-order valence-electron chi connectivity index (χ1n) is 16.0. The van der Waals surface area contributed by atoms with E-state index in [1.165, 1.54) is 24.8 Å². The number of thiophene rings is 1. The fourth-order valence-corrected chi connectivity index (χ4v) is 7.40. The number of amides is 3. The molecule has 0 saturated carbocycles. The summed E-state index contributed by atoms with van der Waals surface area (Å²) in [7, 11) is 1.37. The van der Waals surface area contributed by atoms with Gasteiger partial charge in [0.2, 0.25) is 0 Å². The number of aromatic nitrogens is 3. The Morgan fingerprint density at radius 1 is 1.08 bits per heavy atom. The van der Waals surface area contributed by atoms with Crippen molar-refractivity contribution in [1.29, 1.82) is 0 Å². The van der Waals surface area contributed by atoms with Crippen LogP contribution in [0.5, 0.6) is 5.75 Å². The van der Waals surface area contributed by atoms with E-state index in [0.29, 0.717) is 71.9 Å². The molecule has 3 aromatic rings. The molecule has 0 aromatic carbocycles. The van der Waals surface area contributed by atoms with Crippen molar-refractivity contribution in [3.63, 3.8) is 0 Å². The zero-order valence-electron chi connectivity index (χ0n) is 27.5. The van der Waals surface area contributed by atoms with Gasteiger partial charge in [0.1, 0.15) is 34.2 Å². The van der Waals surface area contributed by atoms with Crippen molar-refractivity contribution in [3.8, 4) is 5.75 Å². The molecule has 0 aliphatic carbocycles. The van der Waals surface area contributed by atoms with Crippen molar-refractivity contribution in [3.05, 3.63) is 39.4 Å². The number of carbonyl (C=O) groups excluding carboxylic acids is 3. The number of likely N-dealkylation sites (tertiary alicyclic amines) is 1. The number of nitrogens with two attached hydrogens (primary N) is 1. The van der Waals surface area contributed by atoms with Gasteiger partial charge < -0.3 is 40.0 Å². The summed E-state index contributed by atoms with van der Waals surface area (Å²) < 4.78 is 18.9. The first kappa shape index (κ1) is 33.7. The van der Waals surface area contributed by atoms with Crippen molar-refractivity contribution in [2.75, 3.05) is 57.0 Å². The van der Waals surface area contributed by atoms with Gasteiger partial charge in [0.05, 0.1) is 29.4 Å². The summed E-state index contributed by atoms with van der Waals surface area (Å²) in [5, 5.41) is 7.69. The quantitative estimate of drug-likeness (QED) is 0.371. The summed E-state index contributed by atoms with van der Waals surface area (Å²) in [5.74, 6) is 0.543. The third-order valence-corrected chi connectivity index (χ3v) is 9.85. The number of fused-ring (bicyclic) bond motifs is 1. The van der Waals surface area contributed by atoms with Crippen LogP contribution in [-0.4, -0.2) is 107 Å². The number of halogens is 1. The molecule has 6 heterocycles. The minimum atomic E-state index is -0.557. The number of nitrogens with zero attached hydrogens (tertiary/aromatic N) is 6. The number of carbonyl (C=O) groups is 3. The average molecular weight is 701 g/mol. The van der Waals surface area contributed by atoms with Crippen LogP contribution in [0.1, 0.15) is 61.8 Å². The molecule has 6 rings (SSSR count). The standard InChI is InChI=1S/C32H41ClN8O6S/c1-32(2,3)47-31(44)38-12-8-21(9-13-38)46-24-15-25(33)48-27(24)29(42)37-20-6-5-10-39(17-20)23-14-22(41-26(23)28(34)35-18-36-41)19-7-11-40(16-19)30(43)45-4/h7,14-15,18,20-21H,5-6,8-13,16-17H2,1-4H3,(H,37,42)(H2,34,35,36)/t20-/m1/s1. The highest BCUT2D eigenvalue weighted by molar-refractivity contribution is 7.18. The molecule has 0 bridgehead atoms. The molecule has 14 nitrogen and oxygen atoms in total. The number of methoxy groups -OCH3 is 1. The van der Waals surface area contributed by atoms with Crippen LogP contribution in [0.15, 0.2) is 24.5 Å². The Labute approximate surface area is 287 Å². The first-order chi connectivity index (χ1) is 22.9. The fraction of sp³-hybridized carbons (Fsp3) is 0.531. The lowest BCUT2D eigenvalue weighted by Crippen LogP contribution is -2.47. The molecule has 258 valence electrons. The lowest BCUT2D eigenvalue weighted by atomic mass is 10.0. The first-order valence-corrected chi connectivity index (χ1v) is 17.2. The molecule has 2 saturated heterocycles. The van der Waals surface area contributed by atoms with Gasteiger partial charge in [-0.3, -0.25) is 4.79 Å². The molecule has 16 heteroatoms. The van der Waals surface area contributed by atoms with Gasteiger partial charge in [0, 0.05) is 57.7 Å². The van der Waals surface area contributed by atoms with E-state index < -0.39 is 11.7 Å². The highest BCUT2D eigenvalue weighted by atomic mass is 35.5. The highest BCUT2D eigenvalue weighted by Gasteiger charge is 2.32. The van der Waals surface area contributed by atoms with E-state index in [0.717, 1.165) is 36.3 Å². The van der Waals surface area contributed by atoms with E-state index in [4.69, 9.17) is 31.5 Å². The largest absolute Gasteiger partial charge is 0.489 e. The summed E-state index contributed by atoms with van der Waals surface area (Å²) in [6.07, 6.45) is 5.38. The monoisotopic (exact) mass is 700 g/mol. The number of hydrogen-bond acceptors (Lipinski definition) is 11. The Bertz CT molecular complexity index is 1730. The Morgan fingerprint density at radius 2 is 1.85 bits per heavy atom. The SMILES string of the molecule is COC(=O)N1CC=C(c2cc(N3CCC[C@@H](NC(=O)c4sc(Cl)cc4OC4CCN(C(=O)OC(C)(C)C)CC4)C3)c3c(N)ncnn23)C1. The number of ether oxygens (including phenoxy) is 3. The number of piperidine rings is 2. The molecule has 0 spiro atoms. The van der Waals surface area contributed by atoms with Crippen LogP contribution in [-0.2, 0) is 9.47 Å². The minimum absolute atomic E-state index is 0.151. The molecule has 3 amide bonds. The second-order valence-electron chi connectivity index (χ2n) is 13.2. The van der Waals surface area contributed by atoms with Crippen molar-refractivity contribution in [2.24, 2.45) is 0 Å². The molecule has 48 heavy (non-hydrogen) atoms. The fourth-order valence-electron chi connectivity index (χ4n) is 6.35. The summed E-state index contributed by atoms with van der Waals surface area (Å²) in [6.45, 7) is 8.68. The Hall–Kier alpha value is -4.24. The molecule has 3 N–H and O–H groups in total. The zero-order chi connectivity index (χ0) is 34.2. The van der Waals surface area contributed by atoms with Crippen LogP contribution in [0.3, 0.4) is 0 Å². The Balaban J connectivity index is 1.12. The average Bonchev–Trinajstić information content (AvgIpc) is 3.78. The molecule has 3 aliphatic rings. The number of anilines is 2. The molecule has 3 aromatic heterocycles. The Morgan fingerprint density at radius 3 is 2.58 bits per heavy atom. The number of nitrogen functional groups attached to an aromatic ring is 1. The molecule has 3 aliphatic heterocycles. The van der Waals surface area contributed by atoms with Crippen LogP contribution < -0.4 is 20.7 Å². The second kappa shape index (κ2) is 13.7. The van der Waals surface area contributed by atoms with Gasteiger partial charge in [-0.15, -0.1) is 11.3 Å². The van der Waals surface area contributed by atoms with E-state index in [-0.39, 0.29) is 24.1 Å². The van der Waals surface area contributed by atoms with Gasteiger partial charge in [-0.05, 0) is 45.3 Å². The molecular formula is C32H41ClN8O6S. The van der Waals surface area contributed by atoms with E-state index in [1.54, 1.807) is 20.4 Å².